The van der Waals surface area contributed by atoms with Crippen LogP contribution in [0.5, 0.6) is 0 Å². The molecule has 0 saturated heterocycles. The number of para-hydroxylation sites is 1. The van der Waals surface area contributed by atoms with Crippen molar-refractivity contribution in [2.45, 2.75) is 19.4 Å². The quantitative estimate of drug-likeness (QED) is 0.473. The van der Waals surface area contributed by atoms with Gasteiger partial charge in [-0.05, 0) is 30.5 Å². The molecule has 1 amide bonds. The van der Waals surface area contributed by atoms with Crippen LogP contribution in [0.15, 0.2) is 65.3 Å². The summed E-state index contributed by atoms with van der Waals surface area (Å²) in [5, 5.41) is 7.84. The Hall–Kier alpha value is -3.09. The minimum Gasteiger partial charge on any atom is -0.361 e. The second-order valence-corrected chi connectivity index (χ2v) is 6.50. The molecule has 4 aromatic rings. The van der Waals surface area contributed by atoms with E-state index in [1.807, 2.05) is 67.7 Å². The molecule has 0 fully saturated rings. The summed E-state index contributed by atoms with van der Waals surface area (Å²) in [5.74, 6) is 0.00619. The minimum atomic E-state index is -0.710. The number of halogens is 1. The number of hydrogen-bond acceptors (Lipinski definition) is 4. The first-order chi connectivity index (χ1) is 13.1. The summed E-state index contributed by atoms with van der Waals surface area (Å²) in [4.78, 5) is 15.8. The SMILES string of the molecule is Cc1noc(NC(=O)[C@@H](N)Cc2c[nH]c3ccccc23)c1-c1ccccc1.Cl. The first-order valence-electron chi connectivity index (χ1n) is 8.76. The molecular weight excluding hydrogens is 376 g/mol. The van der Waals surface area contributed by atoms with E-state index in [1.54, 1.807) is 0 Å². The normalized spacial score (nSPS) is 11.8. The Kier molecular flexibility index (Phi) is 5.82. The van der Waals surface area contributed by atoms with Gasteiger partial charge in [-0.1, -0.05) is 53.7 Å². The molecule has 0 radical (unpaired) electrons. The number of carbonyl (C=O) groups excluding carboxylic acids is 1. The van der Waals surface area contributed by atoms with E-state index >= 15 is 0 Å². The number of anilines is 1. The fourth-order valence-corrected chi connectivity index (χ4v) is 3.23. The fraction of sp³-hybridized carbons (Fsp3) is 0.143. The molecule has 0 spiro atoms. The van der Waals surface area contributed by atoms with Gasteiger partial charge in [0.15, 0.2) is 0 Å². The van der Waals surface area contributed by atoms with Crippen molar-refractivity contribution in [3.8, 4) is 11.1 Å². The molecule has 2 aromatic heterocycles. The lowest BCUT2D eigenvalue weighted by molar-refractivity contribution is -0.117. The largest absolute Gasteiger partial charge is 0.361 e. The smallest absolute Gasteiger partial charge is 0.244 e. The molecule has 0 bridgehead atoms. The van der Waals surface area contributed by atoms with Gasteiger partial charge < -0.3 is 15.2 Å². The first-order valence-corrected chi connectivity index (χ1v) is 8.76. The molecule has 1 atom stereocenters. The van der Waals surface area contributed by atoms with Gasteiger partial charge in [-0.2, -0.15) is 0 Å². The number of carbonyl (C=O) groups is 1. The monoisotopic (exact) mass is 396 g/mol. The van der Waals surface area contributed by atoms with Crippen LogP contribution in [0.1, 0.15) is 11.3 Å². The van der Waals surface area contributed by atoms with Crippen LogP contribution in [0, 0.1) is 6.92 Å². The zero-order valence-electron chi connectivity index (χ0n) is 15.3. The number of aromatic nitrogens is 2. The Balaban J connectivity index is 0.00000225. The van der Waals surface area contributed by atoms with Crippen molar-refractivity contribution in [1.82, 2.24) is 10.1 Å². The van der Waals surface area contributed by atoms with Crippen LogP contribution in [-0.2, 0) is 11.2 Å². The van der Waals surface area contributed by atoms with Gasteiger partial charge in [0.1, 0.15) is 0 Å². The summed E-state index contributed by atoms with van der Waals surface area (Å²) >= 11 is 0. The first kappa shape index (κ1) is 19.7. The summed E-state index contributed by atoms with van der Waals surface area (Å²) in [5.41, 5.74) is 10.6. The summed E-state index contributed by atoms with van der Waals surface area (Å²) < 4.78 is 5.33. The summed E-state index contributed by atoms with van der Waals surface area (Å²) in [6.45, 7) is 1.84. The minimum absolute atomic E-state index is 0. The third-order valence-electron chi connectivity index (χ3n) is 4.61. The third-order valence-corrected chi connectivity index (χ3v) is 4.61. The molecule has 2 heterocycles. The predicted octanol–water partition coefficient (Wildman–Crippen LogP) is 4.06. The Morgan fingerprint density at radius 2 is 1.89 bits per heavy atom. The van der Waals surface area contributed by atoms with Crippen molar-refractivity contribution in [3.63, 3.8) is 0 Å². The summed E-state index contributed by atoms with van der Waals surface area (Å²) in [6.07, 6.45) is 2.31. The number of nitrogens with one attached hydrogen (secondary N) is 2. The zero-order valence-corrected chi connectivity index (χ0v) is 16.1. The lowest BCUT2D eigenvalue weighted by atomic mass is 10.0. The van der Waals surface area contributed by atoms with Gasteiger partial charge in [0.05, 0.1) is 17.3 Å². The van der Waals surface area contributed by atoms with E-state index in [9.17, 15) is 4.79 Å². The molecule has 4 N–H and O–H groups in total. The number of amides is 1. The molecule has 28 heavy (non-hydrogen) atoms. The highest BCUT2D eigenvalue weighted by molar-refractivity contribution is 5.97. The van der Waals surface area contributed by atoms with Gasteiger partial charge in [0.25, 0.3) is 0 Å². The summed E-state index contributed by atoms with van der Waals surface area (Å²) in [6, 6.07) is 16.9. The van der Waals surface area contributed by atoms with Gasteiger partial charge in [0.2, 0.25) is 11.8 Å². The number of nitrogens with zero attached hydrogens (tertiary/aromatic N) is 1. The van der Waals surface area contributed by atoms with E-state index in [-0.39, 0.29) is 18.3 Å². The van der Waals surface area contributed by atoms with Gasteiger partial charge in [0, 0.05) is 17.1 Å². The number of hydrogen-bond donors (Lipinski definition) is 3. The van der Waals surface area contributed by atoms with Crippen LogP contribution in [0.2, 0.25) is 0 Å². The van der Waals surface area contributed by atoms with Crippen molar-refractivity contribution in [3.05, 3.63) is 72.1 Å². The summed E-state index contributed by atoms with van der Waals surface area (Å²) in [7, 11) is 0. The molecule has 4 rings (SSSR count). The van der Waals surface area contributed by atoms with Gasteiger partial charge in [-0.3, -0.25) is 10.1 Å². The average molecular weight is 397 g/mol. The Morgan fingerprint density at radius 1 is 1.18 bits per heavy atom. The molecule has 6 nitrogen and oxygen atoms in total. The fourth-order valence-electron chi connectivity index (χ4n) is 3.23. The van der Waals surface area contributed by atoms with Crippen LogP contribution in [0.4, 0.5) is 5.88 Å². The highest BCUT2D eigenvalue weighted by Crippen LogP contribution is 2.31. The molecule has 7 heteroatoms. The predicted molar refractivity (Wildman–Crippen MR) is 113 cm³/mol. The molecule has 0 aliphatic heterocycles. The van der Waals surface area contributed by atoms with Crippen molar-refractivity contribution >= 4 is 35.1 Å². The number of nitrogens with two attached hydrogens (primary N) is 1. The number of rotatable bonds is 5. The molecule has 0 aliphatic rings. The van der Waals surface area contributed by atoms with Gasteiger partial charge >= 0.3 is 0 Å². The average Bonchev–Trinajstić information content (AvgIpc) is 3.26. The van der Waals surface area contributed by atoms with Crippen molar-refractivity contribution in [2.75, 3.05) is 5.32 Å². The van der Waals surface area contributed by atoms with E-state index < -0.39 is 6.04 Å². The maximum absolute atomic E-state index is 12.6. The van der Waals surface area contributed by atoms with Crippen LogP contribution in [0.25, 0.3) is 22.0 Å². The number of benzene rings is 2. The second-order valence-electron chi connectivity index (χ2n) is 6.50. The molecule has 0 aliphatic carbocycles. The van der Waals surface area contributed by atoms with Crippen LogP contribution in [-0.4, -0.2) is 22.1 Å². The molecule has 0 unspecified atom stereocenters. The maximum Gasteiger partial charge on any atom is 0.244 e. The van der Waals surface area contributed by atoms with Crippen LogP contribution < -0.4 is 11.1 Å². The van der Waals surface area contributed by atoms with Gasteiger partial charge in [-0.15, -0.1) is 12.4 Å². The second kappa shape index (κ2) is 8.29. The van der Waals surface area contributed by atoms with Crippen molar-refractivity contribution in [2.24, 2.45) is 5.73 Å². The van der Waals surface area contributed by atoms with E-state index in [0.29, 0.717) is 18.0 Å². The standard InChI is InChI=1S/C21H20N4O2.ClH/c1-13-19(14-7-3-2-4-8-14)21(27-25-13)24-20(26)17(22)11-15-12-23-18-10-6-5-9-16(15)18;/h2-10,12,17,23H,11,22H2,1H3,(H,24,26);1H/t17-;/m0./s1. The Bertz CT molecular complexity index is 1090. The third kappa shape index (κ3) is 3.78. The molecule has 144 valence electrons. The van der Waals surface area contributed by atoms with Crippen LogP contribution >= 0.6 is 12.4 Å². The van der Waals surface area contributed by atoms with Crippen LogP contribution in [0.3, 0.4) is 0 Å². The highest BCUT2D eigenvalue weighted by atomic mass is 35.5. The molecule has 2 aromatic carbocycles. The van der Waals surface area contributed by atoms with Gasteiger partial charge in [-0.25, -0.2) is 0 Å². The number of aromatic amines is 1. The van der Waals surface area contributed by atoms with Crippen molar-refractivity contribution in [1.29, 1.82) is 0 Å². The van der Waals surface area contributed by atoms with E-state index in [4.69, 9.17) is 10.3 Å². The topological polar surface area (TPSA) is 96.9 Å². The van der Waals surface area contributed by atoms with E-state index in [0.717, 1.165) is 27.6 Å². The Morgan fingerprint density at radius 3 is 2.68 bits per heavy atom. The molecule has 0 saturated carbocycles. The van der Waals surface area contributed by atoms with Crippen molar-refractivity contribution < 1.29 is 9.32 Å². The zero-order chi connectivity index (χ0) is 18.8. The number of H-pyrrole nitrogens is 1. The number of aryl methyl sites for hydroxylation is 1. The lowest BCUT2D eigenvalue weighted by Crippen LogP contribution is -2.37. The van der Waals surface area contributed by atoms with E-state index in [2.05, 4.69) is 15.5 Å². The van der Waals surface area contributed by atoms with E-state index in [1.165, 1.54) is 0 Å². The maximum atomic E-state index is 12.6. The lowest BCUT2D eigenvalue weighted by Gasteiger charge is -2.11. The number of fused-ring (bicyclic) bond motifs is 1. The Labute approximate surface area is 168 Å². The highest BCUT2D eigenvalue weighted by Gasteiger charge is 2.21. The molecular formula is C21H21ClN4O2.